The lowest BCUT2D eigenvalue weighted by molar-refractivity contribution is 0.737. The van der Waals surface area contributed by atoms with Gasteiger partial charge in [0.2, 0.25) is 0 Å². The van der Waals surface area contributed by atoms with E-state index in [2.05, 4.69) is 47.7 Å². The summed E-state index contributed by atoms with van der Waals surface area (Å²) in [5, 5.41) is 7.56. The summed E-state index contributed by atoms with van der Waals surface area (Å²) >= 11 is 0. The van der Waals surface area contributed by atoms with E-state index in [-0.39, 0.29) is 0 Å². The molecule has 0 spiro atoms. The largest absolute Gasteiger partial charge is 0.309 e. The van der Waals surface area contributed by atoms with E-state index in [9.17, 15) is 0 Å². The van der Waals surface area contributed by atoms with Crippen molar-refractivity contribution in [1.82, 2.24) is 15.1 Å². The molecule has 0 unspecified atom stereocenters. The van der Waals surface area contributed by atoms with E-state index >= 15 is 0 Å². The minimum Gasteiger partial charge on any atom is -0.309 e. The number of benzene rings is 1. The summed E-state index contributed by atoms with van der Waals surface area (Å²) in [7, 11) is 1.93. The Kier molecular flexibility index (Phi) is 4.31. The van der Waals surface area contributed by atoms with E-state index in [1.165, 1.54) is 16.7 Å². The predicted octanol–water partition coefficient (Wildman–Crippen LogP) is 2.61. The van der Waals surface area contributed by atoms with Crippen LogP contribution in [0.2, 0.25) is 0 Å². The lowest BCUT2D eigenvalue weighted by Crippen LogP contribution is -2.15. The Morgan fingerprint density at radius 2 is 2.11 bits per heavy atom. The summed E-state index contributed by atoms with van der Waals surface area (Å²) in [5.74, 6) is 0. The Bertz CT molecular complexity index is 512. The van der Waals surface area contributed by atoms with Crippen molar-refractivity contribution in [3.63, 3.8) is 0 Å². The van der Waals surface area contributed by atoms with E-state index in [4.69, 9.17) is 0 Å². The molecule has 0 aliphatic rings. The van der Waals surface area contributed by atoms with Crippen LogP contribution in [-0.4, -0.2) is 16.3 Å². The van der Waals surface area contributed by atoms with Gasteiger partial charge in [0.1, 0.15) is 0 Å². The third-order valence-corrected chi connectivity index (χ3v) is 2.70. The first-order valence-electron chi connectivity index (χ1n) is 6.14. The van der Waals surface area contributed by atoms with Gasteiger partial charge in [-0.3, -0.25) is 4.68 Å². The molecule has 0 aliphatic heterocycles. The first-order chi connectivity index (χ1) is 8.74. The van der Waals surface area contributed by atoms with Crippen LogP contribution in [0.3, 0.4) is 0 Å². The smallest absolute Gasteiger partial charge is 0.0534 e. The average Bonchev–Trinajstić information content (AvgIpc) is 2.76. The van der Waals surface area contributed by atoms with Crippen LogP contribution in [0.15, 0.2) is 48.3 Å². The number of aryl methyl sites for hydroxylation is 1. The van der Waals surface area contributed by atoms with E-state index in [1.807, 2.05) is 30.2 Å². The first-order valence-corrected chi connectivity index (χ1v) is 6.14. The number of nitrogens with one attached hydrogen (secondary N) is 1. The van der Waals surface area contributed by atoms with Gasteiger partial charge in [-0.1, -0.05) is 42.0 Å². The minimum atomic E-state index is 0.855. The zero-order valence-corrected chi connectivity index (χ0v) is 10.9. The highest BCUT2D eigenvalue weighted by Gasteiger charge is 1.96. The second kappa shape index (κ2) is 6.17. The molecule has 1 aromatic carbocycles. The fraction of sp³-hybridized carbons (Fsp3) is 0.267. The number of hydrogen-bond donors (Lipinski definition) is 1. The third kappa shape index (κ3) is 3.86. The fourth-order valence-electron chi connectivity index (χ4n) is 1.85. The zero-order valence-electron chi connectivity index (χ0n) is 10.9. The molecule has 0 aliphatic carbocycles. The summed E-state index contributed by atoms with van der Waals surface area (Å²) in [6.45, 7) is 3.89. The van der Waals surface area contributed by atoms with Crippen molar-refractivity contribution in [1.29, 1.82) is 0 Å². The van der Waals surface area contributed by atoms with Crippen molar-refractivity contribution in [2.45, 2.75) is 13.5 Å². The van der Waals surface area contributed by atoms with Crippen molar-refractivity contribution >= 4 is 6.08 Å². The van der Waals surface area contributed by atoms with Crippen molar-refractivity contribution in [2.24, 2.45) is 7.05 Å². The van der Waals surface area contributed by atoms with Crippen LogP contribution >= 0.6 is 0 Å². The van der Waals surface area contributed by atoms with Crippen LogP contribution < -0.4 is 5.32 Å². The fourth-order valence-corrected chi connectivity index (χ4v) is 1.85. The summed E-state index contributed by atoms with van der Waals surface area (Å²) in [4.78, 5) is 0. The highest BCUT2D eigenvalue weighted by atomic mass is 15.2. The molecule has 94 valence electrons. The second-order valence-corrected chi connectivity index (χ2v) is 4.53. The van der Waals surface area contributed by atoms with Gasteiger partial charge >= 0.3 is 0 Å². The highest BCUT2D eigenvalue weighted by molar-refractivity contribution is 5.52. The molecule has 3 nitrogen and oxygen atoms in total. The lowest BCUT2D eigenvalue weighted by atomic mass is 10.1. The Hall–Kier alpha value is -1.87. The summed E-state index contributed by atoms with van der Waals surface area (Å²) in [5.41, 5.74) is 3.79. The quantitative estimate of drug-likeness (QED) is 0.872. The molecule has 1 aromatic heterocycles. The minimum absolute atomic E-state index is 0.855. The van der Waals surface area contributed by atoms with Crippen molar-refractivity contribution in [3.8, 4) is 0 Å². The Labute approximate surface area is 108 Å². The molecule has 3 heteroatoms. The topological polar surface area (TPSA) is 29.9 Å². The van der Waals surface area contributed by atoms with Crippen LogP contribution in [0, 0.1) is 0 Å². The van der Waals surface area contributed by atoms with Gasteiger partial charge < -0.3 is 5.32 Å². The third-order valence-electron chi connectivity index (χ3n) is 2.70. The summed E-state index contributed by atoms with van der Waals surface area (Å²) in [6, 6.07) is 10.4. The molecule has 0 bridgehead atoms. The maximum absolute atomic E-state index is 4.14. The molecule has 0 fully saturated rings. The van der Waals surface area contributed by atoms with Gasteiger partial charge in [-0.05, 0) is 12.5 Å². The van der Waals surface area contributed by atoms with Gasteiger partial charge in [-0.2, -0.15) is 5.10 Å². The predicted molar refractivity (Wildman–Crippen MR) is 75.0 cm³/mol. The van der Waals surface area contributed by atoms with Crippen LogP contribution in [0.25, 0.3) is 6.08 Å². The van der Waals surface area contributed by atoms with Crippen molar-refractivity contribution in [3.05, 3.63) is 59.4 Å². The van der Waals surface area contributed by atoms with E-state index in [1.54, 1.807) is 0 Å². The van der Waals surface area contributed by atoms with Crippen LogP contribution in [-0.2, 0) is 13.6 Å². The van der Waals surface area contributed by atoms with Crippen molar-refractivity contribution < 1.29 is 0 Å². The van der Waals surface area contributed by atoms with Crippen LogP contribution in [0.5, 0.6) is 0 Å². The zero-order chi connectivity index (χ0) is 12.8. The normalized spacial score (nSPS) is 11.8. The van der Waals surface area contributed by atoms with Gasteiger partial charge in [0.05, 0.1) is 6.20 Å². The van der Waals surface area contributed by atoms with E-state index < -0.39 is 0 Å². The van der Waals surface area contributed by atoms with Gasteiger partial charge in [-0.15, -0.1) is 0 Å². The molecular formula is C15H19N3. The Morgan fingerprint density at radius 1 is 1.33 bits per heavy atom. The summed E-state index contributed by atoms with van der Waals surface area (Å²) in [6.07, 6.45) is 6.13. The molecule has 1 N–H and O–H groups in total. The number of aromatic nitrogens is 2. The maximum atomic E-state index is 4.14. The Balaban J connectivity index is 1.81. The monoisotopic (exact) mass is 241 g/mol. The maximum Gasteiger partial charge on any atom is 0.0534 e. The summed E-state index contributed by atoms with van der Waals surface area (Å²) < 4.78 is 1.82. The number of nitrogens with zero attached hydrogens (tertiary/aromatic N) is 2. The first kappa shape index (κ1) is 12.6. The standard InChI is InChI=1S/C15H19N3/c1-13(8-14-6-4-3-5-7-14)9-16-10-15-11-17-18(2)12-15/h3-8,11-12,16H,9-10H2,1-2H3/b13-8-. The van der Waals surface area contributed by atoms with Crippen LogP contribution in [0.1, 0.15) is 18.1 Å². The number of rotatable bonds is 5. The second-order valence-electron chi connectivity index (χ2n) is 4.53. The molecule has 2 rings (SSSR count). The lowest BCUT2D eigenvalue weighted by Gasteiger charge is -2.03. The molecular weight excluding hydrogens is 222 g/mol. The molecule has 0 saturated heterocycles. The van der Waals surface area contributed by atoms with E-state index in [0.717, 1.165) is 13.1 Å². The average molecular weight is 241 g/mol. The molecule has 18 heavy (non-hydrogen) atoms. The SMILES string of the molecule is C/C(=C/c1ccccc1)CNCc1cnn(C)c1. The molecule has 0 saturated carbocycles. The molecule has 0 atom stereocenters. The van der Waals surface area contributed by atoms with Crippen LogP contribution in [0.4, 0.5) is 0 Å². The van der Waals surface area contributed by atoms with E-state index in [0.29, 0.717) is 0 Å². The number of hydrogen-bond acceptors (Lipinski definition) is 2. The van der Waals surface area contributed by atoms with Gasteiger partial charge in [0.25, 0.3) is 0 Å². The molecule has 2 aromatic rings. The molecule has 0 radical (unpaired) electrons. The Morgan fingerprint density at radius 3 is 2.78 bits per heavy atom. The van der Waals surface area contributed by atoms with Gasteiger partial charge in [-0.25, -0.2) is 0 Å². The molecule has 1 heterocycles. The highest BCUT2D eigenvalue weighted by Crippen LogP contribution is 2.05. The molecule has 0 amide bonds. The van der Waals surface area contributed by atoms with Crippen molar-refractivity contribution in [2.75, 3.05) is 6.54 Å². The van der Waals surface area contributed by atoms with Gasteiger partial charge in [0.15, 0.2) is 0 Å². The van der Waals surface area contributed by atoms with Gasteiger partial charge in [0, 0.05) is 31.9 Å².